The van der Waals surface area contributed by atoms with Crippen LogP contribution in [0, 0.1) is 0 Å². The van der Waals surface area contributed by atoms with Gasteiger partial charge in [-0.1, -0.05) is 35.3 Å². The topological polar surface area (TPSA) is 49.8 Å². The molecule has 0 bridgehead atoms. The van der Waals surface area contributed by atoms with Gasteiger partial charge in [-0.2, -0.15) is 0 Å². The average Bonchev–Trinajstić information content (AvgIpc) is 2.91. The van der Waals surface area contributed by atoms with Gasteiger partial charge in [0.25, 0.3) is 0 Å². The first kappa shape index (κ1) is 19.2. The van der Waals surface area contributed by atoms with Gasteiger partial charge in [0, 0.05) is 23.0 Å². The fourth-order valence-corrected chi connectivity index (χ4v) is 4.07. The number of aliphatic hydroxyl groups excluding tert-OH is 1. The monoisotopic (exact) mass is 393 g/mol. The van der Waals surface area contributed by atoms with Gasteiger partial charge in [-0.05, 0) is 49.4 Å². The number of ketones is 1. The van der Waals surface area contributed by atoms with Gasteiger partial charge < -0.3 is 9.84 Å². The summed E-state index contributed by atoms with van der Waals surface area (Å²) >= 11 is 12.4. The zero-order valence-electron chi connectivity index (χ0n) is 14.7. The summed E-state index contributed by atoms with van der Waals surface area (Å²) in [4.78, 5) is 13.7. The Morgan fingerprint density at radius 2 is 2.04 bits per heavy atom. The molecule has 0 fully saturated rings. The zero-order chi connectivity index (χ0) is 18.8. The molecule has 1 aliphatic carbocycles. The Morgan fingerprint density at radius 3 is 2.77 bits per heavy atom. The molecule has 2 unspecified atom stereocenters. The number of fused-ring (bicyclic) bond motifs is 1. The van der Waals surface area contributed by atoms with E-state index in [0.717, 1.165) is 11.1 Å². The van der Waals surface area contributed by atoms with Gasteiger partial charge in [0.15, 0.2) is 5.78 Å². The number of nitrogens with zero attached hydrogens (tertiary/aromatic N) is 1. The molecule has 26 heavy (non-hydrogen) atoms. The average molecular weight is 394 g/mol. The first-order valence-electron chi connectivity index (χ1n) is 8.47. The van der Waals surface area contributed by atoms with Crippen molar-refractivity contribution in [1.82, 2.24) is 4.90 Å². The van der Waals surface area contributed by atoms with Crippen molar-refractivity contribution < 1.29 is 14.6 Å². The molecule has 4 nitrogen and oxygen atoms in total. The minimum absolute atomic E-state index is 0.0293. The molecule has 0 amide bonds. The summed E-state index contributed by atoms with van der Waals surface area (Å²) in [5.41, 5.74) is 2.48. The van der Waals surface area contributed by atoms with E-state index in [-0.39, 0.29) is 11.8 Å². The van der Waals surface area contributed by atoms with Crippen LogP contribution in [0.3, 0.4) is 0 Å². The predicted octanol–water partition coefficient (Wildman–Crippen LogP) is 4.16. The highest BCUT2D eigenvalue weighted by Crippen LogP contribution is 2.40. The number of benzene rings is 2. The summed E-state index contributed by atoms with van der Waals surface area (Å²) in [6.45, 7) is 2.50. The molecule has 0 spiro atoms. The molecule has 0 aromatic heterocycles. The normalized spacial score (nSPS) is 18.8. The standard InChI is InChI=1S/C20H21Cl2NO3/c1-12(24)14-5-3-4-6-19(14)26-8-7-23(2)20-16-9-13(21)10-17(22)15(16)11-18(20)25/h3-6,9-10,18,20,25H,7-8,11H2,1-2H3. The molecular weight excluding hydrogens is 373 g/mol. The van der Waals surface area contributed by atoms with Crippen LogP contribution < -0.4 is 4.74 Å². The Bertz CT molecular complexity index is 825. The lowest BCUT2D eigenvalue weighted by Gasteiger charge is -2.28. The van der Waals surface area contributed by atoms with Gasteiger partial charge in [0.1, 0.15) is 12.4 Å². The first-order valence-corrected chi connectivity index (χ1v) is 9.23. The van der Waals surface area contributed by atoms with Crippen molar-refractivity contribution >= 4 is 29.0 Å². The summed E-state index contributed by atoms with van der Waals surface area (Å²) in [5, 5.41) is 11.7. The maximum absolute atomic E-state index is 11.7. The minimum atomic E-state index is -0.546. The van der Waals surface area contributed by atoms with Gasteiger partial charge in [0.2, 0.25) is 0 Å². The number of likely N-dealkylation sites (N-methyl/N-ethyl adjacent to an activating group) is 1. The predicted molar refractivity (Wildman–Crippen MR) is 103 cm³/mol. The van der Waals surface area contributed by atoms with E-state index < -0.39 is 6.10 Å². The molecule has 1 aliphatic rings. The Kier molecular flexibility index (Phi) is 5.88. The minimum Gasteiger partial charge on any atom is -0.491 e. The zero-order valence-corrected chi connectivity index (χ0v) is 16.2. The fourth-order valence-electron chi connectivity index (χ4n) is 3.48. The number of Topliss-reactive ketones (excluding diaryl/α,β-unsaturated/α-hetero) is 1. The lowest BCUT2D eigenvalue weighted by molar-refractivity contribution is 0.0685. The van der Waals surface area contributed by atoms with Crippen molar-refractivity contribution in [3.05, 3.63) is 63.1 Å². The summed E-state index contributed by atoms with van der Waals surface area (Å²) in [6, 6.07) is 10.6. The summed E-state index contributed by atoms with van der Waals surface area (Å²) in [6.07, 6.45) is -0.0376. The van der Waals surface area contributed by atoms with Crippen molar-refractivity contribution in [3.8, 4) is 5.75 Å². The molecule has 0 radical (unpaired) electrons. The lowest BCUT2D eigenvalue weighted by Crippen LogP contribution is -2.34. The molecule has 0 saturated heterocycles. The Morgan fingerprint density at radius 1 is 1.31 bits per heavy atom. The van der Waals surface area contributed by atoms with Crippen molar-refractivity contribution in [2.24, 2.45) is 0 Å². The van der Waals surface area contributed by atoms with Crippen molar-refractivity contribution in [2.75, 3.05) is 20.2 Å². The van der Waals surface area contributed by atoms with Crippen LogP contribution in [-0.4, -0.2) is 42.1 Å². The third-order valence-corrected chi connectivity index (χ3v) is 5.29. The number of rotatable bonds is 6. The number of hydrogen-bond donors (Lipinski definition) is 1. The SMILES string of the molecule is CC(=O)c1ccccc1OCCN(C)C1c2cc(Cl)cc(Cl)c2CC1O. The summed E-state index contributed by atoms with van der Waals surface area (Å²) in [5.74, 6) is 0.547. The van der Waals surface area contributed by atoms with Gasteiger partial charge >= 0.3 is 0 Å². The number of ether oxygens (including phenoxy) is 1. The molecule has 0 aliphatic heterocycles. The molecule has 0 saturated carbocycles. The van der Waals surface area contributed by atoms with E-state index in [1.165, 1.54) is 6.92 Å². The second-order valence-corrected chi connectivity index (χ2v) is 7.40. The molecule has 1 N–H and O–H groups in total. The van der Waals surface area contributed by atoms with Crippen molar-refractivity contribution in [1.29, 1.82) is 0 Å². The Labute approximate surface area is 163 Å². The van der Waals surface area contributed by atoms with E-state index in [4.69, 9.17) is 27.9 Å². The maximum atomic E-state index is 11.7. The number of aliphatic hydroxyl groups is 1. The Hall–Kier alpha value is -1.59. The molecule has 0 heterocycles. The fraction of sp³-hybridized carbons (Fsp3) is 0.350. The molecular formula is C20H21Cl2NO3. The number of carbonyl (C=O) groups excluding carboxylic acids is 1. The van der Waals surface area contributed by atoms with Crippen molar-refractivity contribution in [3.63, 3.8) is 0 Å². The second-order valence-electron chi connectivity index (χ2n) is 6.55. The lowest BCUT2D eigenvalue weighted by atomic mass is 10.1. The third kappa shape index (κ3) is 3.89. The van der Waals surface area contributed by atoms with E-state index in [0.29, 0.717) is 40.9 Å². The highest BCUT2D eigenvalue weighted by atomic mass is 35.5. The number of halogens is 2. The van der Waals surface area contributed by atoms with Gasteiger partial charge in [0.05, 0.1) is 17.7 Å². The number of hydrogen-bond acceptors (Lipinski definition) is 4. The quantitative estimate of drug-likeness (QED) is 0.748. The third-order valence-electron chi connectivity index (χ3n) is 4.73. The van der Waals surface area contributed by atoms with Gasteiger partial charge in [-0.25, -0.2) is 0 Å². The number of para-hydroxylation sites is 1. The van der Waals surface area contributed by atoms with E-state index in [2.05, 4.69) is 0 Å². The van der Waals surface area contributed by atoms with Crippen LogP contribution >= 0.6 is 23.2 Å². The Balaban J connectivity index is 1.69. The van der Waals surface area contributed by atoms with Crippen LogP contribution in [0.15, 0.2) is 36.4 Å². The highest BCUT2D eigenvalue weighted by Gasteiger charge is 2.35. The first-order chi connectivity index (χ1) is 12.4. The van der Waals surface area contributed by atoms with Crippen LogP contribution in [0.25, 0.3) is 0 Å². The molecule has 3 rings (SSSR count). The van der Waals surface area contributed by atoms with E-state index in [1.807, 2.05) is 30.1 Å². The molecule has 2 atom stereocenters. The molecule has 2 aromatic rings. The van der Waals surface area contributed by atoms with Crippen LogP contribution in [-0.2, 0) is 6.42 Å². The van der Waals surface area contributed by atoms with E-state index in [1.54, 1.807) is 18.2 Å². The van der Waals surface area contributed by atoms with Crippen molar-refractivity contribution in [2.45, 2.75) is 25.5 Å². The van der Waals surface area contributed by atoms with Crippen LogP contribution in [0.4, 0.5) is 0 Å². The van der Waals surface area contributed by atoms with Crippen LogP contribution in [0.1, 0.15) is 34.5 Å². The molecule has 2 aromatic carbocycles. The van der Waals surface area contributed by atoms with Gasteiger partial charge in [-0.15, -0.1) is 0 Å². The van der Waals surface area contributed by atoms with Gasteiger partial charge in [-0.3, -0.25) is 9.69 Å². The molecule has 6 heteroatoms. The maximum Gasteiger partial charge on any atom is 0.163 e. The second kappa shape index (κ2) is 7.97. The smallest absolute Gasteiger partial charge is 0.163 e. The van der Waals surface area contributed by atoms with Crippen LogP contribution in [0.2, 0.25) is 10.0 Å². The number of carbonyl (C=O) groups is 1. The largest absolute Gasteiger partial charge is 0.491 e. The summed E-state index contributed by atoms with van der Waals surface area (Å²) in [7, 11) is 1.93. The molecule has 138 valence electrons. The van der Waals surface area contributed by atoms with E-state index in [9.17, 15) is 9.90 Å². The van der Waals surface area contributed by atoms with E-state index >= 15 is 0 Å². The summed E-state index contributed by atoms with van der Waals surface area (Å²) < 4.78 is 5.80. The highest BCUT2D eigenvalue weighted by molar-refractivity contribution is 6.35. The van der Waals surface area contributed by atoms with Crippen LogP contribution in [0.5, 0.6) is 5.75 Å².